The van der Waals surface area contributed by atoms with Crippen LogP contribution in [0.5, 0.6) is 0 Å². The van der Waals surface area contributed by atoms with Gasteiger partial charge in [0.15, 0.2) is 6.23 Å². The first-order valence-electron chi connectivity index (χ1n) is 16.8. The quantitative estimate of drug-likeness (QED) is 0.263. The summed E-state index contributed by atoms with van der Waals surface area (Å²) < 4.78 is 27.6. The molecule has 0 radical (unpaired) electrons. The molecule has 6 rings (SSSR count). The second-order valence-corrected chi connectivity index (χ2v) is 14.9. The highest BCUT2D eigenvalue weighted by atomic mass is 35.5. The molecule has 2 amide bonds. The van der Waals surface area contributed by atoms with Crippen LogP contribution in [-0.4, -0.2) is 68.9 Å². The first-order chi connectivity index (χ1) is 23.7. The van der Waals surface area contributed by atoms with E-state index in [-0.39, 0.29) is 42.4 Å². The van der Waals surface area contributed by atoms with Crippen molar-refractivity contribution < 1.29 is 33.7 Å². The molecule has 3 aliphatic rings. The maximum Gasteiger partial charge on any atom is 0.410 e. The number of aliphatic hydroxyl groups is 2. The second-order valence-electron chi connectivity index (χ2n) is 14.5. The third kappa shape index (κ3) is 8.61. The van der Waals surface area contributed by atoms with Crippen molar-refractivity contribution in [3.05, 3.63) is 99.6 Å². The molecule has 1 aromatic heterocycles. The SMILES string of the molecule is CC(C)(C)OC(=O)N1CCC(C(C)(O)c2cc(F)c3c(c2)C(=O)N(Cc2ccc(C#N)cn2)C3OCC2(CO)CC2)CC1.Clc1ccccc1. The van der Waals surface area contributed by atoms with Crippen molar-refractivity contribution in [3.63, 3.8) is 0 Å². The lowest BCUT2D eigenvalue weighted by Crippen LogP contribution is -2.46. The van der Waals surface area contributed by atoms with Crippen LogP contribution in [0.2, 0.25) is 5.02 Å². The van der Waals surface area contributed by atoms with Gasteiger partial charge in [0.05, 0.1) is 42.2 Å². The van der Waals surface area contributed by atoms with Gasteiger partial charge in [-0.15, -0.1) is 0 Å². The lowest BCUT2D eigenvalue weighted by Gasteiger charge is -2.40. The summed E-state index contributed by atoms with van der Waals surface area (Å²) in [6, 6.07) is 17.5. The number of benzene rings is 2. The monoisotopic (exact) mass is 706 g/mol. The molecule has 0 bridgehead atoms. The fourth-order valence-corrected chi connectivity index (χ4v) is 6.37. The number of nitrogens with zero attached hydrogens (tertiary/aromatic N) is 4. The summed E-state index contributed by atoms with van der Waals surface area (Å²) in [6.45, 7) is 7.92. The Bertz CT molecular complexity index is 1710. The number of carbonyl (C=O) groups excluding carboxylic acids is 2. The molecular weight excluding hydrogens is 663 g/mol. The fraction of sp³-hybridized carbons (Fsp3) is 0.474. The molecule has 2 aromatic carbocycles. The second kappa shape index (κ2) is 15.0. The van der Waals surface area contributed by atoms with Gasteiger partial charge in [0.2, 0.25) is 0 Å². The van der Waals surface area contributed by atoms with Gasteiger partial charge in [0, 0.05) is 35.3 Å². The fourth-order valence-electron chi connectivity index (χ4n) is 6.22. The number of ether oxygens (including phenoxy) is 2. The van der Waals surface area contributed by atoms with Crippen molar-refractivity contribution in [2.24, 2.45) is 11.3 Å². The molecule has 1 saturated heterocycles. The average Bonchev–Trinajstić information content (AvgIpc) is 3.83. The number of carbonyl (C=O) groups is 2. The van der Waals surface area contributed by atoms with Crippen molar-refractivity contribution in [1.29, 1.82) is 5.26 Å². The van der Waals surface area contributed by atoms with Crippen LogP contribution in [0.3, 0.4) is 0 Å². The predicted octanol–water partition coefficient (Wildman–Crippen LogP) is 6.73. The van der Waals surface area contributed by atoms with Gasteiger partial charge in [-0.3, -0.25) is 9.78 Å². The molecule has 2 atom stereocenters. The van der Waals surface area contributed by atoms with Crippen molar-refractivity contribution in [2.75, 3.05) is 26.3 Å². The van der Waals surface area contributed by atoms with Crippen LogP contribution in [0.1, 0.15) is 92.3 Å². The van der Waals surface area contributed by atoms with Gasteiger partial charge in [0.1, 0.15) is 17.5 Å². The molecule has 2 N–H and O–H groups in total. The van der Waals surface area contributed by atoms with Gasteiger partial charge in [-0.1, -0.05) is 29.8 Å². The Labute approximate surface area is 297 Å². The van der Waals surface area contributed by atoms with Crippen molar-refractivity contribution in [2.45, 2.75) is 77.4 Å². The van der Waals surface area contributed by atoms with Crippen LogP contribution in [0.4, 0.5) is 9.18 Å². The number of amides is 2. The predicted molar refractivity (Wildman–Crippen MR) is 184 cm³/mol. The van der Waals surface area contributed by atoms with E-state index in [0.717, 1.165) is 17.9 Å². The van der Waals surface area contributed by atoms with E-state index in [0.29, 0.717) is 37.2 Å². The summed E-state index contributed by atoms with van der Waals surface area (Å²) in [4.78, 5) is 33.6. The Balaban J connectivity index is 0.000000619. The molecule has 1 aliphatic carbocycles. The Morgan fingerprint density at radius 1 is 1.12 bits per heavy atom. The highest BCUT2D eigenvalue weighted by molar-refractivity contribution is 6.30. The number of nitriles is 1. The number of pyridine rings is 1. The first kappa shape index (κ1) is 37.2. The smallest absolute Gasteiger partial charge is 0.410 e. The lowest BCUT2D eigenvalue weighted by molar-refractivity contribution is -0.0676. The van der Waals surface area contributed by atoms with Gasteiger partial charge in [-0.25, -0.2) is 9.18 Å². The maximum absolute atomic E-state index is 16.0. The van der Waals surface area contributed by atoms with E-state index in [2.05, 4.69) is 4.98 Å². The van der Waals surface area contributed by atoms with Crippen LogP contribution in [-0.2, 0) is 21.6 Å². The molecule has 2 fully saturated rings. The van der Waals surface area contributed by atoms with Gasteiger partial charge >= 0.3 is 6.09 Å². The standard InChI is InChI=1S/C32H39FN4O6.C6H5Cl/c1-30(2,3)43-29(40)36-11-7-21(8-12-36)31(4,41)22-13-24-26(25(33)14-22)28(42-19-32(18-38)9-10-32)37(27(24)39)17-23-6-5-20(15-34)16-35-23;7-6-4-2-1-3-5-6/h5-6,13-14,16,21,28,38,41H,7-12,17-19H2,1-4H3;1-5H. The minimum atomic E-state index is -1.47. The molecule has 266 valence electrons. The molecule has 50 heavy (non-hydrogen) atoms. The van der Waals surface area contributed by atoms with Crippen molar-refractivity contribution >= 4 is 23.6 Å². The summed E-state index contributed by atoms with van der Waals surface area (Å²) in [7, 11) is 0. The summed E-state index contributed by atoms with van der Waals surface area (Å²) in [5.74, 6) is -1.41. The van der Waals surface area contributed by atoms with Gasteiger partial charge in [0.25, 0.3) is 5.91 Å². The van der Waals surface area contributed by atoms with E-state index < -0.39 is 40.7 Å². The average molecular weight is 707 g/mol. The first-order valence-corrected chi connectivity index (χ1v) is 17.2. The summed E-state index contributed by atoms with van der Waals surface area (Å²) in [5, 5.41) is 31.4. The maximum atomic E-state index is 16.0. The Morgan fingerprint density at radius 3 is 2.32 bits per heavy atom. The van der Waals surface area contributed by atoms with E-state index in [1.807, 2.05) is 36.4 Å². The van der Waals surface area contributed by atoms with E-state index in [9.17, 15) is 19.8 Å². The van der Waals surface area contributed by atoms with E-state index >= 15 is 4.39 Å². The number of aliphatic hydroxyl groups excluding tert-OH is 1. The van der Waals surface area contributed by atoms with Crippen LogP contribution < -0.4 is 0 Å². The van der Waals surface area contributed by atoms with E-state index in [4.69, 9.17) is 26.3 Å². The number of hydrogen-bond acceptors (Lipinski definition) is 8. The molecular formula is C38H44ClFN4O6. The molecule has 10 nitrogen and oxygen atoms in total. The summed E-state index contributed by atoms with van der Waals surface area (Å²) in [6.07, 6.45) is 2.48. The van der Waals surface area contributed by atoms with Gasteiger partial charge in [-0.05, 0) is 101 Å². The molecule has 3 aromatic rings. The van der Waals surface area contributed by atoms with Crippen LogP contribution >= 0.6 is 11.6 Å². The van der Waals surface area contributed by atoms with Crippen molar-refractivity contribution in [1.82, 2.24) is 14.8 Å². The molecule has 0 spiro atoms. The number of fused-ring (bicyclic) bond motifs is 1. The molecule has 12 heteroatoms. The van der Waals surface area contributed by atoms with Gasteiger partial charge in [-0.2, -0.15) is 5.26 Å². The minimum Gasteiger partial charge on any atom is -0.444 e. The Hall–Kier alpha value is -4.08. The zero-order valence-corrected chi connectivity index (χ0v) is 29.6. The number of hydrogen-bond donors (Lipinski definition) is 2. The van der Waals surface area contributed by atoms with E-state index in [1.54, 1.807) is 50.8 Å². The number of halogens is 2. The van der Waals surface area contributed by atoms with Crippen LogP contribution in [0, 0.1) is 28.5 Å². The molecule has 2 unspecified atom stereocenters. The number of likely N-dealkylation sites (tertiary alicyclic amines) is 1. The topological polar surface area (TPSA) is 136 Å². The molecule has 1 saturated carbocycles. The Morgan fingerprint density at radius 2 is 1.80 bits per heavy atom. The molecule has 2 aliphatic heterocycles. The third-order valence-electron chi connectivity index (χ3n) is 9.54. The zero-order valence-electron chi connectivity index (χ0n) is 28.9. The number of rotatable bonds is 8. The normalized spacial score (nSPS) is 19.5. The zero-order chi connectivity index (χ0) is 36.3. The highest BCUT2D eigenvalue weighted by Gasteiger charge is 2.47. The van der Waals surface area contributed by atoms with Gasteiger partial charge < -0.3 is 29.5 Å². The summed E-state index contributed by atoms with van der Waals surface area (Å²) >= 11 is 5.54. The number of piperidine rings is 1. The largest absolute Gasteiger partial charge is 0.444 e. The number of aromatic nitrogens is 1. The minimum absolute atomic E-state index is 0.0182. The van der Waals surface area contributed by atoms with Crippen LogP contribution in [0.25, 0.3) is 0 Å². The summed E-state index contributed by atoms with van der Waals surface area (Å²) in [5.41, 5.74) is -1.12. The lowest BCUT2D eigenvalue weighted by atomic mass is 9.76. The third-order valence-corrected chi connectivity index (χ3v) is 9.79. The van der Waals surface area contributed by atoms with E-state index in [1.165, 1.54) is 17.2 Å². The van der Waals surface area contributed by atoms with Crippen molar-refractivity contribution in [3.8, 4) is 6.07 Å². The Kier molecular flexibility index (Phi) is 11.2. The van der Waals surface area contributed by atoms with Crippen LogP contribution in [0.15, 0.2) is 60.8 Å². The molecule has 3 heterocycles. The highest BCUT2D eigenvalue weighted by Crippen LogP contribution is 2.48.